The van der Waals surface area contributed by atoms with Gasteiger partial charge in [-0.05, 0) is 5.56 Å². The molecule has 2 aromatic carbocycles. The highest BCUT2D eigenvalue weighted by molar-refractivity contribution is 5.78. The maximum atomic E-state index is 5.44. The molecule has 88 valence electrons. The van der Waals surface area contributed by atoms with Crippen molar-refractivity contribution in [2.45, 2.75) is 6.10 Å². The smallest absolute Gasteiger partial charge is 0.212 e. The topological polar surface area (TPSA) is 21.6 Å². The van der Waals surface area contributed by atoms with Gasteiger partial charge in [-0.2, -0.15) is 0 Å². The van der Waals surface area contributed by atoms with Crippen molar-refractivity contribution in [1.82, 2.24) is 0 Å². The fourth-order valence-electron chi connectivity index (χ4n) is 1.51. The van der Waals surface area contributed by atoms with E-state index in [2.05, 4.69) is 11.1 Å². The van der Waals surface area contributed by atoms with Crippen LogP contribution in [0.25, 0.3) is 0 Å². The van der Waals surface area contributed by atoms with Crippen molar-refractivity contribution in [3.05, 3.63) is 71.8 Å². The molecule has 2 aromatic rings. The Hall–Kier alpha value is -2.53. The molecule has 0 aromatic heterocycles. The number of nitrogens with zero attached hydrogens (tertiary/aromatic N) is 1. The van der Waals surface area contributed by atoms with Crippen LogP contribution in [0.4, 0.5) is 0 Å². The van der Waals surface area contributed by atoms with E-state index >= 15 is 0 Å². The van der Waals surface area contributed by atoms with E-state index < -0.39 is 6.10 Å². The summed E-state index contributed by atoms with van der Waals surface area (Å²) in [6.45, 7) is 0. The minimum Gasteiger partial charge on any atom is -0.374 e. The Morgan fingerprint density at radius 3 is 2.22 bits per heavy atom. The molecule has 0 saturated heterocycles. The number of oxime groups is 1. The highest BCUT2D eigenvalue weighted by Crippen LogP contribution is 2.15. The monoisotopic (exact) mass is 235 g/mol. The number of rotatable bonds is 4. The fourth-order valence-corrected chi connectivity index (χ4v) is 1.51. The summed E-state index contributed by atoms with van der Waals surface area (Å²) in [6, 6.07) is 19.3. The highest BCUT2D eigenvalue weighted by atomic mass is 16.6. The summed E-state index contributed by atoms with van der Waals surface area (Å²) < 4.78 is 0. The zero-order valence-corrected chi connectivity index (χ0v) is 9.86. The van der Waals surface area contributed by atoms with Gasteiger partial charge in [-0.1, -0.05) is 71.7 Å². The standard InChI is InChI=1S/C16H13NO/c1-2-16(15-11-7-4-8-12-15)18-17-13-14-9-5-3-6-10-14/h1,3-13,16H/b17-13+. The number of terminal acetylenes is 1. The molecule has 1 unspecified atom stereocenters. The first-order valence-corrected chi connectivity index (χ1v) is 5.65. The molecule has 2 nitrogen and oxygen atoms in total. The number of benzene rings is 2. The Balaban J connectivity index is 2.01. The van der Waals surface area contributed by atoms with Gasteiger partial charge < -0.3 is 4.84 Å². The fraction of sp³-hybridized carbons (Fsp3) is 0.0625. The van der Waals surface area contributed by atoms with Crippen molar-refractivity contribution in [2.75, 3.05) is 0 Å². The molecule has 0 spiro atoms. The third kappa shape index (κ3) is 3.23. The first kappa shape index (κ1) is 11.9. The summed E-state index contributed by atoms with van der Waals surface area (Å²) >= 11 is 0. The summed E-state index contributed by atoms with van der Waals surface area (Å²) in [5.41, 5.74) is 1.89. The summed E-state index contributed by atoms with van der Waals surface area (Å²) in [5, 5.41) is 3.92. The molecule has 0 aliphatic heterocycles. The Bertz CT molecular complexity index is 540. The maximum absolute atomic E-state index is 5.44. The molecule has 0 radical (unpaired) electrons. The van der Waals surface area contributed by atoms with Crippen molar-refractivity contribution in [3.8, 4) is 12.3 Å². The van der Waals surface area contributed by atoms with Crippen LogP contribution in [0.1, 0.15) is 17.2 Å². The lowest BCUT2D eigenvalue weighted by Crippen LogP contribution is -1.97. The minimum atomic E-state index is -0.453. The van der Waals surface area contributed by atoms with E-state index in [0.717, 1.165) is 11.1 Å². The second kappa shape index (κ2) is 6.27. The molecule has 0 amide bonds. The third-order valence-corrected chi connectivity index (χ3v) is 2.42. The van der Waals surface area contributed by atoms with Crippen molar-refractivity contribution in [2.24, 2.45) is 5.16 Å². The molecular weight excluding hydrogens is 222 g/mol. The van der Waals surface area contributed by atoms with Crippen LogP contribution in [0.5, 0.6) is 0 Å². The molecule has 0 saturated carbocycles. The molecule has 18 heavy (non-hydrogen) atoms. The van der Waals surface area contributed by atoms with E-state index in [9.17, 15) is 0 Å². The molecule has 0 bridgehead atoms. The summed E-state index contributed by atoms with van der Waals surface area (Å²) in [5.74, 6) is 2.57. The van der Waals surface area contributed by atoms with Crippen molar-refractivity contribution < 1.29 is 4.84 Å². The van der Waals surface area contributed by atoms with E-state index in [1.165, 1.54) is 0 Å². The summed E-state index contributed by atoms with van der Waals surface area (Å²) in [7, 11) is 0. The second-order valence-corrected chi connectivity index (χ2v) is 3.71. The predicted octanol–water partition coefficient (Wildman–Crippen LogP) is 3.41. The average Bonchev–Trinajstić information content (AvgIpc) is 2.46. The SMILES string of the molecule is C#CC(O/N=C/c1ccccc1)c1ccccc1. The van der Waals surface area contributed by atoms with Gasteiger partial charge in [0.25, 0.3) is 0 Å². The van der Waals surface area contributed by atoms with Gasteiger partial charge in [0.2, 0.25) is 6.10 Å². The summed E-state index contributed by atoms with van der Waals surface area (Å²) in [4.78, 5) is 5.31. The lowest BCUT2D eigenvalue weighted by Gasteiger charge is -2.08. The van der Waals surface area contributed by atoms with E-state index in [0.29, 0.717) is 0 Å². The van der Waals surface area contributed by atoms with Gasteiger partial charge in [0, 0.05) is 5.56 Å². The lowest BCUT2D eigenvalue weighted by atomic mass is 10.1. The van der Waals surface area contributed by atoms with Crippen molar-refractivity contribution in [3.63, 3.8) is 0 Å². The van der Waals surface area contributed by atoms with Crippen molar-refractivity contribution in [1.29, 1.82) is 0 Å². The first-order chi connectivity index (χ1) is 8.90. The van der Waals surface area contributed by atoms with Gasteiger partial charge in [-0.25, -0.2) is 0 Å². The van der Waals surface area contributed by atoms with Crippen LogP contribution in [-0.2, 0) is 4.84 Å². The zero-order chi connectivity index (χ0) is 12.6. The van der Waals surface area contributed by atoms with Crippen LogP contribution >= 0.6 is 0 Å². The minimum absolute atomic E-state index is 0.453. The normalized spacial score (nSPS) is 11.9. The first-order valence-electron chi connectivity index (χ1n) is 5.65. The molecule has 0 aliphatic rings. The number of hydrogen-bond donors (Lipinski definition) is 0. The molecule has 1 atom stereocenters. The predicted molar refractivity (Wildman–Crippen MR) is 73.1 cm³/mol. The van der Waals surface area contributed by atoms with Crippen LogP contribution in [-0.4, -0.2) is 6.21 Å². The Labute approximate surface area is 107 Å². The molecule has 0 aliphatic carbocycles. The van der Waals surface area contributed by atoms with E-state index in [-0.39, 0.29) is 0 Å². The van der Waals surface area contributed by atoms with Gasteiger partial charge >= 0.3 is 0 Å². The zero-order valence-electron chi connectivity index (χ0n) is 9.86. The Morgan fingerprint density at radius 2 is 1.61 bits per heavy atom. The largest absolute Gasteiger partial charge is 0.374 e. The van der Waals surface area contributed by atoms with E-state index in [4.69, 9.17) is 11.3 Å². The van der Waals surface area contributed by atoms with Crippen LogP contribution in [0.2, 0.25) is 0 Å². The molecular formula is C16H13NO. The Morgan fingerprint density at radius 1 is 1.00 bits per heavy atom. The molecule has 2 rings (SSSR count). The van der Waals surface area contributed by atoms with Gasteiger partial charge in [0.1, 0.15) is 0 Å². The molecule has 0 heterocycles. The van der Waals surface area contributed by atoms with Crippen LogP contribution in [0, 0.1) is 12.3 Å². The van der Waals surface area contributed by atoms with Crippen LogP contribution < -0.4 is 0 Å². The lowest BCUT2D eigenvalue weighted by molar-refractivity contribution is 0.101. The molecule has 2 heteroatoms. The quantitative estimate of drug-likeness (QED) is 0.452. The van der Waals surface area contributed by atoms with Gasteiger partial charge in [-0.15, -0.1) is 6.42 Å². The highest BCUT2D eigenvalue weighted by Gasteiger charge is 2.07. The third-order valence-electron chi connectivity index (χ3n) is 2.42. The van der Waals surface area contributed by atoms with Gasteiger partial charge in [0.15, 0.2) is 0 Å². The van der Waals surface area contributed by atoms with E-state index in [1.807, 2.05) is 60.7 Å². The van der Waals surface area contributed by atoms with Gasteiger partial charge in [0.05, 0.1) is 6.21 Å². The Kier molecular flexibility index (Phi) is 4.16. The maximum Gasteiger partial charge on any atom is 0.212 e. The molecule has 0 fully saturated rings. The second-order valence-electron chi connectivity index (χ2n) is 3.71. The van der Waals surface area contributed by atoms with E-state index in [1.54, 1.807) is 6.21 Å². The van der Waals surface area contributed by atoms with Crippen LogP contribution in [0.3, 0.4) is 0 Å². The van der Waals surface area contributed by atoms with Crippen LogP contribution in [0.15, 0.2) is 65.8 Å². The van der Waals surface area contributed by atoms with Crippen molar-refractivity contribution >= 4 is 6.21 Å². The number of hydrogen-bond acceptors (Lipinski definition) is 2. The van der Waals surface area contributed by atoms with Gasteiger partial charge in [-0.3, -0.25) is 0 Å². The molecule has 0 N–H and O–H groups in total. The average molecular weight is 235 g/mol. The summed E-state index contributed by atoms with van der Waals surface area (Å²) in [6.07, 6.45) is 6.63.